The molecular formula is C17H18BrN3. The van der Waals surface area contributed by atoms with Crippen LogP contribution in [0.4, 0.5) is 5.69 Å². The van der Waals surface area contributed by atoms with Crippen molar-refractivity contribution in [3.63, 3.8) is 0 Å². The van der Waals surface area contributed by atoms with Gasteiger partial charge in [-0.15, -0.1) is 0 Å². The van der Waals surface area contributed by atoms with Crippen LogP contribution >= 0.6 is 15.9 Å². The standard InChI is InChI=1S/C17H18BrN3/c1-11-5-4-6-12(2)15(11)8-19-16-7-14(18)10-21-9-13(3)20-17(16)21/h4-7,9-10,19H,8H2,1-3H3. The van der Waals surface area contributed by atoms with Gasteiger partial charge in [-0.25, -0.2) is 4.98 Å². The maximum Gasteiger partial charge on any atom is 0.160 e. The number of pyridine rings is 1. The quantitative estimate of drug-likeness (QED) is 0.750. The SMILES string of the molecule is Cc1cn2cc(Br)cc(NCc3c(C)cccc3C)c2n1. The molecule has 0 spiro atoms. The Balaban J connectivity index is 1.95. The summed E-state index contributed by atoms with van der Waals surface area (Å²) in [7, 11) is 0. The first-order valence-electron chi connectivity index (χ1n) is 6.98. The number of benzene rings is 1. The number of halogens is 1. The molecule has 0 fully saturated rings. The van der Waals surface area contributed by atoms with Gasteiger partial charge in [0.05, 0.1) is 11.4 Å². The van der Waals surface area contributed by atoms with Crippen molar-refractivity contribution >= 4 is 27.3 Å². The van der Waals surface area contributed by atoms with Gasteiger partial charge in [0, 0.05) is 23.4 Å². The Kier molecular flexibility index (Phi) is 3.72. The number of fused-ring (bicyclic) bond motifs is 1. The Morgan fingerprint density at radius 3 is 2.57 bits per heavy atom. The Labute approximate surface area is 133 Å². The van der Waals surface area contributed by atoms with Crippen molar-refractivity contribution in [1.82, 2.24) is 9.38 Å². The van der Waals surface area contributed by atoms with Gasteiger partial charge in [-0.1, -0.05) is 18.2 Å². The first kappa shape index (κ1) is 14.1. The molecule has 0 aliphatic carbocycles. The summed E-state index contributed by atoms with van der Waals surface area (Å²) < 4.78 is 3.09. The van der Waals surface area contributed by atoms with Gasteiger partial charge in [0.25, 0.3) is 0 Å². The summed E-state index contributed by atoms with van der Waals surface area (Å²) in [5, 5.41) is 3.53. The fourth-order valence-corrected chi connectivity index (χ4v) is 3.08. The van der Waals surface area contributed by atoms with Gasteiger partial charge in [0.1, 0.15) is 0 Å². The van der Waals surface area contributed by atoms with Crippen LogP contribution in [0.25, 0.3) is 5.65 Å². The van der Waals surface area contributed by atoms with Gasteiger partial charge in [0.15, 0.2) is 5.65 Å². The minimum Gasteiger partial charge on any atom is -0.378 e. The highest BCUT2D eigenvalue weighted by atomic mass is 79.9. The second-order valence-corrected chi connectivity index (χ2v) is 6.32. The van der Waals surface area contributed by atoms with Crippen molar-refractivity contribution in [2.45, 2.75) is 27.3 Å². The monoisotopic (exact) mass is 343 g/mol. The molecule has 2 heterocycles. The first-order chi connectivity index (χ1) is 10.0. The van der Waals surface area contributed by atoms with E-state index in [4.69, 9.17) is 0 Å². The number of imidazole rings is 1. The van der Waals surface area contributed by atoms with Gasteiger partial charge in [-0.05, 0) is 59.5 Å². The summed E-state index contributed by atoms with van der Waals surface area (Å²) in [5.41, 5.74) is 6.99. The Morgan fingerprint density at radius 2 is 1.86 bits per heavy atom. The van der Waals surface area contributed by atoms with E-state index in [-0.39, 0.29) is 0 Å². The maximum absolute atomic E-state index is 4.59. The van der Waals surface area contributed by atoms with Crippen molar-refractivity contribution in [1.29, 1.82) is 0 Å². The van der Waals surface area contributed by atoms with Gasteiger partial charge < -0.3 is 9.72 Å². The molecule has 0 atom stereocenters. The highest BCUT2D eigenvalue weighted by molar-refractivity contribution is 9.10. The van der Waals surface area contributed by atoms with E-state index in [1.54, 1.807) is 0 Å². The third kappa shape index (κ3) is 2.81. The highest BCUT2D eigenvalue weighted by Gasteiger charge is 2.08. The molecule has 0 unspecified atom stereocenters. The average molecular weight is 344 g/mol. The molecule has 0 saturated heterocycles. The molecule has 3 aromatic rings. The van der Waals surface area contributed by atoms with E-state index in [1.807, 2.05) is 23.7 Å². The fraction of sp³-hybridized carbons (Fsp3) is 0.235. The molecule has 21 heavy (non-hydrogen) atoms. The lowest BCUT2D eigenvalue weighted by Crippen LogP contribution is -2.05. The van der Waals surface area contributed by atoms with Crippen molar-refractivity contribution < 1.29 is 0 Å². The molecule has 0 saturated carbocycles. The van der Waals surface area contributed by atoms with Gasteiger partial charge in [-0.3, -0.25) is 0 Å². The summed E-state index contributed by atoms with van der Waals surface area (Å²) >= 11 is 3.56. The van der Waals surface area contributed by atoms with E-state index in [9.17, 15) is 0 Å². The van der Waals surface area contributed by atoms with Crippen LogP contribution in [0, 0.1) is 20.8 Å². The molecule has 2 aromatic heterocycles. The number of nitrogens with zero attached hydrogens (tertiary/aromatic N) is 2. The lowest BCUT2D eigenvalue weighted by Gasteiger charge is -2.13. The maximum atomic E-state index is 4.59. The molecular weight excluding hydrogens is 326 g/mol. The summed E-state index contributed by atoms with van der Waals surface area (Å²) in [4.78, 5) is 4.59. The van der Waals surface area contributed by atoms with Gasteiger partial charge in [0.2, 0.25) is 0 Å². The highest BCUT2D eigenvalue weighted by Crippen LogP contribution is 2.24. The number of aryl methyl sites for hydroxylation is 3. The Morgan fingerprint density at radius 1 is 1.14 bits per heavy atom. The number of aromatic nitrogens is 2. The van der Waals surface area contributed by atoms with Crippen LogP contribution in [0.2, 0.25) is 0 Å². The van der Waals surface area contributed by atoms with Crippen LogP contribution in [0.5, 0.6) is 0 Å². The van der Waals surface area contributed by atoms with Gasteiger partial charge >= 0.3 is 0 Å². The minimum atomic E-state index is 0.802. The molecule has 1 N–H and O–H groups in total. The predicted octanol–water partition coefficient (Wildman–Crippen LogP) is 4.63. The Bertz CT molecular complexity index is 785. The molecule has 3 nitrogen and oxygen atoms in total. The smallest absolute Gasteiger partial charge is 0.160 e. The molecule has 0 aliphatic rings. The molecule has 4 heteroatoms. The van der Waals surface area contributed by atoms with E-state index < -0.39 is 0 Å². The van der Waals surface area contributed by atoms with E-state index in [2.05, 4.69) is 64.3 Å². The lowest BCUT2D eigenvalue weighted by atomic mass is 10.0. The van der Waals surface area contributed by atoms with Crippen molar-refractivity contribution in [3.05, 3.63) is 63.5 Å². The number of anilines is 1. The van der Waals surface area contributed by atoms with Crippen molar-refractivity contribution in [2.24, 2.45) is 0 Å². The summed E-state index contributed by atoms with van der Waals surface area (Å²) in [6, 6.07) is 8.49. The molecule has 3 rings (SSSR count). The predicted molar refractivity (Wildman–Crippen MR) is 90.9 cm³/mol. The van der Waals surface area contributed by atoms with Crippen LogP contribution in [0.3, 0.4) is 0 Å². The zero-order valence-electron chi connectivity index (χ0n) is 12.4. The van der Waals surface area contributed by atoms with Crippen LogP contribution in [-0.4, -0.2) is 9.38 Å². The topological polar surface area (TPSA) is 29.3 Å². The van der Waals surface area contributed by atoms with E-state index >= 15 is 0 Å². The zero-order valence-corrected chi connectivity index (χ0v) is 14.0. The summed E-state index contributed by atoms with van der Waals surface area (Å²) in [6.07, 6.45) is 4.06. The second-order valence-electron chi connectivity index (χ2n) is 5.41. The molecule has 0 bridgehead atoms. The minimum absolute atomic E-state index is 0.802. The number of nitrogens with one attached hydrogen (secondary N) is 1. The molecule has 0 radical (unpaired) electrons. The Hall–Kier alpha value is -1.81. The number of rotatable bonds is 3. The lowest BCUT2D eigenvalue weighted by molar-refractivity contribution is 1.08. The van der Waals surface area contributed by atoms with Crippen LogP contribution < -0.4 is 5.32 Å². The van der Waals surface area contributed by atoms with Crippen molar-refractivity contribution in [2.75, 3.05) is 5.32 Å². The fourth-order valence-electron chi connectivity index (χ4n) is 2.63. The summed E-state index contributed by atoms with van der Waals surface area (Å²) in [5.74, 6) is 0. The average Bonchev–Trinajstić information content (AvgIpc) is 2.78. The van der Waals surface area contributed by atoms with Crippen molar-refractivity contribution in [3.8, 4) is 0 Å². The zero-order chi connectivity index (χ0) is 15.0. The first-order valence-corrected chi connectivity index (χ1v) is 7.78. The molecule has 1 aromatic carbocycles. The molecule has 0 amide bonds. The molecule has 0 aliphatic heterocycles. The van der Waals surface area contributed by atoms with E-state index in [1.165, 1.54) is 16.7 Å². The normalized spacial score (nSPS) is 11.0. The second kappa shape index (κ2) is 5.53. The van der Waals surface area contributed by atoms with Crippen LogP contribution in [0.1, 0.15) is 22.4 Å². The van der Waals surface area contributed by atoms with E-state index in [0.29, 0.717) is 0 Å². The third-order valence-electron chi connectivity index (χ3n) is 3.74. The number of hydrogen-bond acceptors (Lipinski definition) is 2. The summed E-state index contributed by atoms with van der Waals surface area (Å²) in [6.45, 7) is 7.12. The third-order valence-corrected chi connectivity index (χ3v) is 4.17. The van der Waals surface area contributed by atoms with Crippen LogP contribution in [-0.2, 0) is 6.54 Å². The van der Waals surface area contributed by atoms with E-state index in [0.717, 1.165) is 28.0 Å². The largest absolute Gasteiger partial charge is 0.378 e. The van der Waals surface area contributed by atoms with Crippen LogP contribution in [0.15, 0.2) is 41.1 Å². The number of hydrogen-bond donors (Lipinski definition) is 1. The van der Waals surface area contributed by atoms with Gasteiger partial charge in [-0.2, -0.15) is 0 Å². The molecule has 108 valence electrons.